The zero-order valence-electron chi connectivity index (χ0n) is 16.4. The van der Waals surface area contributed by atoms with Crippen molar-refractivity contribution in [2.75, 3.05) is 18.0 Å². The smallest absolute Gasteiger partial charge is 0.228 e. The number of rotatable bonds is 4. The van der Waals surface area contributed by atoms with Gasteiger partial charge in [0.15, 0.2) is 0 Å². The molecule has 0 spiro atoms. The van der Waals surface area contributed by atoms with Crippen molar-refractivity contribution < 1.29 is 14.3 Å². The van der Waals surface area contributed by atoms with Gasteiger partial charge in [-0.25, -0.2) is 0 Å². The van der Waals surface area contributed by atoms with Crippen LogP contribution in [-0.2, 0) is 22.6 Å². The quantitative estimate of drug-likeness (QED) is 0.819. The van der Waals surface area contributed by atoms with E-state index in [0.29, 0.717) is 13.1 Å². The van der Waals surface area contributed by atoms with E-state index in [1.165, 1.54) is 11.1 Å². The van der Waals surface area contributed by atoms with Crippen LogP contribution in [0.2, 0.25) is 0 Å². The summed E-state index contributed by atoms with van der Waals surface area (Å²) in [7, 11) is 0. The van der Waals surface area contributed by atoms with Crippen LogP contribution in [0.3, 0.4) is 0 Å². The maximum Gasteiger partial charge on any atom is 0.228 e. The molecule has 1 fully saturated rings. The van der Waals surface area contributed by atoms with E-state index >= 15 is 0 Å². The van der Waals surface area contributed by atoms with Crippen molar-refractivity contribution in [2.24, 2.45) is 5.92 Å². The molecule has 0 aliphatic carbocycles. The van der Waals surface area contributed by atoms with Gasteiger partial charge in [-0.1, -0.05) is 24.3 Å². The lowest BCUT2D eigenvalue weighted by molar-refractivity contribution is -0.136. The van der Waals surface area contributed by atoms with Crippen LogP contribution in [0.15, 0.2) is 48.5 Å². The normalized spacial score (nSPS) is 19.1. The van der Waals surface area contributed by atoms with Gasteiger partial charge in [-0.2, -0.15) is 0 Å². The fraction of sp³-hybridized carbons (Fsp3) is 0.391. The van der Waals surface area contributed by atoms with E-state index in [2.05, 4.69) is 12.1 Å². The molecule has 0 N–H and O–H groups in total. The molecule has 28 heavy (non-hydrogen) atoms. The zero-order valence-corrected chi connectivity index (χ0v) is 16.4. The molecule has 0 saturated carbocycles. The van der Waals surface area contributed by atoms with Gasteiger partial charge in [0.1, 0.15) is 5.75 Å². The van der Waals surface area contributed by atoms with E-state index in [1.54, 1.807) is 4.90 Å². The first-order valence-electron chi connectivity index (χ1n) is 9.94. The van der Waals surface area contributed by atoms with E-state index in [9.17, 15) is 9.59 Å². The summed E-state index contributed by atoms with van der Waals surface area (Å²) in [5.74, 6) is 0.604. The lowest BCUT2D eigenvalue weighted by Crippen LogP contribution is -2.40. The molecule has 0 aromatic heterocycles. The number of hydrogen-bond acceptors (Lipinski definition) is 3. The van der Waals surface area contributed by atoms with Gasteiger partial charge in [0.2, 0.25) is 11.8 Å². The summed E-state index contributed by atoms with van der Waals surface area (Å²) in [4.78, 5) is 29.2. The van der Waals surface area contributed by atoms with Crippen molar-refractivity contribution >= 4 is 17.5 Å². The third-order valence-corrected chi connectivity index (χ3v) is 5.44. The van der Waals surface area contributed by atoms with E-state index < -0.39 is 0 Å². The number of ether oxygens (including phenoxy) is 1. The number of hydrogen-bond donors (Lipinski definition) is 0. The van der Waals surface area contributed by atoms with Gasteiger partial charge in [0.25, 0.3) is 0 Å². The van der Waals surface area contributed by atoms with Crippen molar-refractivity contribution in [1.82, 2.24) is 4.90 Å². The molecule has 0 bridgehead atoms. The lowest BCUT2D eigenvalue weighted by atomic mass is 9.98. The summed E-state index contributed by atoms with van der Waals surface area (Å²) in [5, 5.41) is 0. The van der Waals surface area contributed by atoms with Crippen molar-refractivity contribution in [1.29, 1.82) is 0 Å². The minimum atomic E-state index is -0.274. The molecule has 2 aromatic rings. The second kappa shape index (κ2) is 7.66. The largest absolute Gasteiger partial charge is 0.491 e. The molecule has 2 aliphatic rings. The number of carbonyl (C=O) groups is 2. The Morgan fingerprint density at radius 1 is 1.07 bits per heavy atom. The van der Waals surface area contributed by atoms with Crippen LogP contribution >= 0.6 is 0 Å². The first-order valence-corrected chi connectivity index (χ1v) is 9.94. The SMILES string of the molecule is CC(C)Oc1ccc(N2CC(C(=O)N3CCc4ccccc4C3)CC2=O)cc1. The lowest BCUT2D eigenvalue weighted by Gasteiger charge is -2.30. The van der Waals surface area contributed by atoms with E-state index in [-0.39, 0.29) is 30.3 Å². The zero-order chi connectivity index (χ0) is 19.7. The number of carbonyl (C=O) groups excluding carboxylic acids is 2. The van der Waals surface area contributed by atoms with Gasteiger partial charge >= 0.3 is 0 Å². The molecule has 146 valence electrons. The molecule has 5 heteroatoms. The summed E-state index contributed by atoms with van der Waals surface area (Å²) in [6.45, 7) is 5.77. The monoisotopic (exact) mass is 378 g/mol. The van der Waals surface area contributed by atoms with Crippen LogP contribution in [0.4, 0.5) is 5.69 Å². The van der Waals surface area contributed by atoms with Crippen molar-refractivity contribution in [3.63, 3.8) is 0 Å². The molecule has 4 rings (SSSR count). The summed E-state index contributed by atoms with van der Waals surface area (Å²) >= 11 is 0. The van der Waals surface area contributed by atoms with Crippen LogP contribution in [-0.4, -0.2) is 35.9 Å². The molecule has 2 amide bonds. The van der Waals surface area contributed by atoms with Gasteiger partial charge in [-0.15, -0.1) is 0 Å². The van der Waals surface area contributed by atoms with Crippen LogP contribution in [0.5, 0.6) is 5.75 Å². The summed E-state index contributed by atoms with van der Waals surface area (Å²) < 4.78 is 5.66. The predicted octanol–water partition coefficient (Wildman–Crippen LogP) is 3.41. The second-order valence-electron chi connectivity index (χ2n) is 7.84. The highest BCUT2D eigenvalue weighted by molar-refractivity contribution is 6.00. The third-order valence-electron chi connectivity index (χ3n) is 5.44. The molecule has 1 atom stereocenters. The number of nitrogens with zero attached hydrogens (tertiary/aromatic N) is 2. The Bertz CT molecular complexity index is 876. The Morgan fingerprint density at radius 3 is 2.50 bits per heavy atom. The number of anilines is 1. The van der Waals surface area contributed by atoms with E-state index in [0.717, 1.165) is 24.4 Å². The van der Waals surface area contributed by atoms with Crippen LogP contribution in [0.1, 0.15) is 31.4 Å². The minimum absolute atomic E-state index is 0.00767. The van der Waals surface area contributed by atoms with Gasteiger partial charge in [0, 0.05) is 31.7 Å². The first kappa shape index (κ1) is 18.5. The van der Waals surface area contributed by atoms with E-state index in [1.807, 2.05) is 55.1 Å². The summed E-state index contributed by atoms with van der Waals surface area (Å²) in [6, 6.07) is 15.8. The fourth-order valence-electron chi connectivity index (χ4n) is 4.04. The fourth-order valence-corrected chi connectivity index (χ4v) is 4.04. The van der Waals surface area contributed by atoms with Crippen LogP contribution < -0.4 is 9.64 Å². The Hall–Kier alpha value is -2.82. The van der Waals surface area contributed by atoms with Gasteiger partial charge < -0.3 is 14.5 Å². The Balaban J connectivity index is 1.42. The molecular weight excluding hydrogens is 352 g/mol. The minimum Gasteiger partial charge on any atom is -0.491 e. The van der Waals surface area contributed by atoms with Crippen molar-refractivity contribution in [3.8, 4) is 5.75 Å². The number of amides is 2. The first-order chi connectivity index (χ1) is 13.5. The molecule has 1 saturated heterocycles. The van der Waals surface area contributed by atoms with Crippen molar-refractivity contribution in [3.05, 3.63) is 59.7 Å². The number of fused-ring (bicyclic) bond motifs is 1. The van der Waals surface area contributed by atoms with E-state index in [4.69, 9.17) is 4.74 Å². The molecule has 2 aromatic carbocycles. The van der Waals surface area contributed by atoms with Crippen LogP contribution in [0.25, 0.3) is 0 Å². The summed E-state index contributed by atoms with van der Waals surface area (Å²) in [5.41, 5.74) is 3.35. The maximum absolute atomic E-state index is 13.0. The highest BCUT2D eigenvalue weighted by Crippen LogP contribution is 2.29. The maximum atomic E-state index is 13.0. The van der Waals surface area contributed by atoms with Gasteiger partial charge in [-0.3, -0.25) is 9.59 Å². The van der Waals surface area contributed by atoms with Crippen molar-refractivity contribution in [2.45, 2.75) is 39.3 Å². The Morgan fingerprint density at radius 2 is 1.79 bits per heavy atom. The molecule has 1 unspecified atom stereocenters. The Labute approximate surface area is 165 Å². The standard InChI is InChI=1S/C23H26N2O3/c1-16(2)28-21-9-7-20(8-10-21)25-15-19(13-22(25)26)23(27)24-12-11-17-5-3-4-6-18(17)14-24/h3-10,16,19H,11-15H2,1-2H3. The number of benzene rings is 2. The van der Waals surface area contributed by atoms with Crippen LogP contribution in [0, 0.1) is 5.92 Å². The molecule has 2 aliphatic heterocycles. The Kier molecular flexibility index (Phi) is 5.07. The second-order valence-corrected chi connectivity index (χ2v) is 7.84. The predicted molar refractivity (Wildman–Crippen MR) is 108 cm³/mol. The average molecular weight is 378 g/mol. The average Bonchev–Trinajstić information content (AvgIpc) is 3.09. The molecule has 5 nitrogen and oxygen atoms in total. The summed E-state index contributed by atoms with van der Waals surface area (Å²) in [6.07, 6.45) is 1.26. The molecule has 0 radical (unpaired) electrons. The molecular formula is C23H26N2O3. The molecule has 2 heterocycles. The third kappa shape index (κ3) is 3.75. The topological polar surface area (TPSA) is 49.9 Å². The highest BCUT2D eigenvalue weighted by Gasteiger charge is 2.37. The van der Waals surface area contributed by atoms with Gasteiger partial charge in [-0.05, 0) is 55.7 Å². The highest BCUT2D eigenvalue weighted by atomic mass is 16.5. The van der Waals surface area contributed by atoms with Gasteiger partial charge in [0.05, 0.1) is 12.0 Å².